The fourth-order valence-electron chi connectivity index (χ4n) is 2.36. The van der Waals surface area contributed by atoms with Crippen LogP contribution < -0.4 is 5.32 Å². The number of aryl methyl sites for hydroxylation is 1. The Morgan fingerprint density at radius 2 is 2.21 bits per heavy atom. The van der Waals surface area contributed by atoms with E-state index in [4.69, 9.17) is 0 Å². The number of nitrogens with one attached hydrogen (secondary N) is 2. The number of hydrogen-bond acceptors (Lipinski definition) is 2. The van der Waals surface area contributed by atoms with E-state index in [2.05, 4.69) is 58.3 Å². The Labute approximate surface area is 117 Å². The monoisotopic (exact) mass is 270 g/mol. The summed E-state index contributed by atoms with van der Waals surface area (Å²) in [4.78, 5) is 3.30. The minimum atomic E-state index is 0.466. The fraction of sp³-hybridized carbons (Fsp3) is 0.250. The Hall–Kier alpha value is -1.74. The van der Waals surface area contributed by atoms with Crippen LogP contribution in [0.25, 0.3) is 10.9 Å². The molecule has 0 bridgehead atoms. The molecule has 0 saturated carbocycles. The van der Waals surface area contributed by atoms with Gasteiger partial charge in [0.1, 0.15) is 0 Å². The smallest absolute Gasteiger partial charge is 0.0689 e. The van der Waals surface area contributed by atoms with Crippen molar-refractivity contribution in [3.8, 4) is 0 Å². The highest BCUT2D eigenvalue weighted by Gasteiger charge is 2.06. The number of aromatic amines is 1. The van der Waals surface area contributed by atoms with Crippen molar-refractivity contribution in [1.82, 2.24) is 4.98 Å². The summed E-state index contributed by atoms with van der Waals surface area (Å²) in [5.74, 6) is 0. The lowest BCUT2D eigenvalue weighted by Crippen LogP contribution is -2.16. The molecule has 1 atom stereocenters. The van der Waals surface area contributed by atoms with Gasteiger partial charge in [0.15, 0.2) is 0 Å². The molecule has 1 unspecified atom stereocenters. The number of fused-ring (bicyclic) bond motifs is 1. The van der Waals surface area contributed by atoms with Crippen molar-refractivity contribution in [2.24, 2.45) is 0 Å². The lowest BCUT2D eigenvalue weighted by molar-refractivity contribution is 0.708. The zero-order chi connectivity index (χ0) is 13.1. The number of rotatable bonds is 5. The minimum Gasteiger partial charge on any atom is -0.381 e. The predicted molar refractivity (Wildman–Crippen MR) is 84.0 cm³/mol. The van der Waals surface area contributed by atoms with Crippen molar-refractivity contribution >= 4 is 27.9 Å². The summed E-state index contributed by atoms with van der Waals surface area (Å²) in [6.07, 6.45) is 4.28. The molecule has 98 valence electrons. The van der Waals surface area contributed by atoms with Gasteiger partial charge < -0.3 is 10.3 Å². The largest absolute Gasteiger partial charge is 0.381 e. The van der Waals surface area contributed by atoms with Crippen molar-refractivity contribution in [2.75, 3.05) is 5.32 Å². The maximum Gasteiger partial charge on any atom is 0.0689 e. The van der Waals surface area contributed by atoms with Gasteiger partial charge in [-0.3, -0.25) is 0 Å². The molecule has 3 aromatic rings. The molecule has 2 N–H and O–H groups in total. The Balaban J connectivity index is 1.65. The molecule has 0 aliphatic heterocycles. The molecule has 3 rings (SSSR count). The highest BCUT2D eigenvalue weighted by Crippen LogP contribution is 2.23. The van der Waals surface area contributed by atoms with Gasteiger partial charge in [-0.15, -0.1) is 0 Å². The number of anilines is 1. The number of hydrogen-bond donors (Lipinski definition) is 2. The SMILES string of the molecule is CC(CCc1ccsc1)Nc1cccc2cc[nH]c12. The van der Waals surface area contributed by atoms with Crippen LogP contribution in [-0.2, 0) is 6.42 Å². The first kappa shape index (κ1) is 12.3. The number of thiophene rings is 1. The highest BCUT2D eigenvalue weighted by atomic mass is 32.1. The van der Waals surface area contributed by atoms with Gasteiger partial charge in [-0.25, -0.2) is 0 Å². The molecule has 0 aliphatic carbocycles. The van der Waals surface area contributed by atoms with Crippen molar-refractivity contribution in [3.63, 3.8) is 0 Å². The first-order valence-electron chi connectivity index (χ1n) is 6.66. The van der Waals surface area contributed by atoms with Crippen LogP contribution >= 0.6 is 11.3 Å². The Morgan fingerprint density at radius 1 is 1.26 bits per heavy atom. The van der Waals surface area contributed by atoms with Crippen LogP contribution in [0.3, 0.4) is 0 Å². The first-order chi connectivity index (χ1) is 9.33. The maximum absolute atomic E-state index is 3.61. The topological polar surface area (TPSA) is 27.8 Å². The molecule has 2 nitrogen and oxygen atoms in total. The molecule has 0 saturated heterocycles. The van der Waals surface area contributed by atoms with Crippen molar-refractivity contribution in [1.29, 1.82) is 0 Å². The summed E-state index contributed by atoms with van der Waals surface area (Å²) in [6.45, 7) is 2.24. The summed E-state index contributed by atoms with van der Waals surface area (Å²) < 4.78 is 0. The number of aromatic nitrogens is 1. The van der Waals surface area contributed by atoms with Crippen molar-refractivity contribution < 1.29 is 0 Å². The second-order valence-corrected chi connectivity index (χ2v) is 5.74. The van der Waals surface area contributed by atoms with Gasteiger partial charge in [0, 0.05) is 17.6 Å². The molecular formula is C16H18N2S. The summed E-state index contributed by atoms with van der Waals surface area (Å²) in [7, 11) is 0. The van der Waals surface area contributed by atoms with Gasteiger partial charge in [0.2, 0.25) is 0 Å². The van der Waals surface area contributed by atoms with E-state index in [1.807, 2.05) is 6.20 Å². The molecule has 0 radical (unpaired) electrons. The molecule has 1 aromatic carbocycles. The Morgan fingerprint density at radius 3 is 3.05 bits per heavy atom. The van der Waals surface area contributed by atoms with E-state index in [0.717, 1.165) is 12.8 Å². The second kappa shape index (κ2) is 5.49. The zero-order valence-corrected chi connectivity index (χ0v) is 11.8. The Kier molecular flexibility index (Phi) is 3.56. The molecule has 0 fully saturated rings. The predicted octanol–water partition coefficient (Wildman–Crippen LogP) is 4.66. The maximum atomic E-state index is 3.61. The molecule has 2 aromatic heterocycles. The van der Waals surface area contributed by atoms with Crippen LogP contribution in [-0.4, -0.2) is 11.0 Å². The van der Waals surface area contributed by atoms with Crippen LogP contribution in [0.4, 0.5) is 5.69 Å². The third-order valence-electron chi connectivity index (χ3n) is 3.44. The molecule has 2 heterocycles. The standard InChI is InChI=1S/C16H18N2S/c1-12(5-6-13-8-10-19-11-13)18-15-4-2-3-14-7-9-17-16(14)15/h2-4,7-12,17-18H,5-6H2,1H3. The van der Waals surface area contributed by atoms with Crippen LogP contribution in [0.1, 0.15) is 18.9 Å². The van der Waals surface area contributed by atoms with Crippen molar-refractivity contribution in [3.05, 3.63) is 52.9 Å². The van der Waals surface area contributed by atoms with Crippen LogP contribution in [0, 0.1) is 0 Å². The van der Waals surface area contributed by atoms with Gasteiger partial charge in [0.25, 0.3) is 0 Å². The van der Waals surface area contributed by atoms with Gasteiger partial charge in [-0.2, -0.15) is 11.3 Å². The molecule has 0 amide bonds. The number of para-hydroxylation sites is 1. The van der Waals surface area contributed by atoms with Gasteiger partial charge in [0.05, 0.1) is 11.2 Å². The molecule has 0 aliphatic rings. The van der Waals surface area contributed by atoms with Crippen LogP contribution in [0.5, 0.6) is 0 Å². The summed E-state index contributed by atoms with van der Waals surface area (Å²) >= 11 is 1.77. The first-order valence-corrected chi connectivity index (χ1v) is 7.61. The van der Waals surface area contributed by atoms with Gasteiger partial charge >= 0.3 is 0 Å². The molecule has 3 heteroatoms. The fourth-order valence-corrected chi connectivity index (χ4v) is 3.06. The highest BCUT2D eigenvalue weighted by molar-refractivity contribution is 7.07. The molecule has 19 heavy (non-hydrogen) atoms. The zero-order valence-electron chi connectivity index (χ0n) is 11.0. The lowest BCUT2D eigenvalue weighted by Gasteiger charge is -2.15. The van der Waals surface area contributed by atoms with E-state index in [0.29, 0.717) is 6.04 Å². The molecule has 0 spiro atoms. The van der Waals surface area contributed by atoms with E-state index in [9.17, 15) is 0 Å². The van der Waals surface area contributed by atoms with Crippen LogP contribution in [0.2, 0.25) is 0 Å². The van der Waals surface area contributed by atoms with E-state index >= 15 is 0 Å². The third kappa shape index (κ3) is 2.82. The van der Waals surface area contributed by atoms with Crippen molar-refractivity contribution in [2.45, 2.75) is 25.8 Å². The van der Waals surface area contributed by atoms with E-state index in [1.54, 1.807) is 11.3 Å². The third-order valence-corrected chi connectivity index (χ3v) is 4.17. The lowest BCUT2D eigenvalue weighted by atomic mass is 10.1. The van der Waals surface area contributed by atoms with E-state index in [1.165, 1.54) is 22.2 Å². The number of H-pyrrole nitrogens is 1. The van der Waals surface area contributed by atoms with E-state index in [-0.39, 0.29) is 0 Å². The van der Waals surface area contributed by atoms with Gasteiger partial charge in [-0.1, -0.05) is 12.1 Å². The van der Waals surface area contributed by atoms with Crippen LogP contribution in [0.15, 0.2) is 47.3 Å². The summed E-state index contributed by atoms with van der Waals surface area (Å²) in [5.41, 5.74) is 3.84. The van der Waals surface area contributed by atoms with Gasteiger partial charge in [-0.05, 0) is 54.3 Å². The second-order valence-electron chi connectivity index (χ2n) is 4.96. The average molecular weight is 270 g/mol. The normalized spacial score (nSPS) is 12.7. The summed E-state index contributed by atoms with van der Waals surface area (Å²) in [5, 5.41) is 9.25. The Bertz CT molecular complexity index is 640. The summed E-state index contributed by atoms with van der Waals surface area (Å²) in [6, 6.07) is 11.2. The van der Waals surface area contributed by atoms with E-state index < -0.39 is 0 Å². The minimum absolute atomic E-state index is 0.466. The quantitative estimate of drug-likeness (QED) is 0.693. The molecular weight excluding hydrogens is 252 g/mol. The number of benzene rings is 1. The average Bonchev–Trinajstić information content (AvgIpc) is 3.08.